The van der Waals surface area contributed by atoms with Gasteiger partial charge in [-0.15, -0.1) is 0 Å². The van der Waals surface area contributed by atoms with Gasteiger partial charge in [-0.3, -0.25) is 0 Å². The fraction of sp³-hybridized carbons (Fsp3) is 0.200. The maximum Gasteiger partial charge on any atom is -0.0233 e. The quantitative estimate of drug-likeness (QED) is 0.562. The summed E-state index contributed by atoms with van der Waals surface area (Å²) in [5.41, 5.74) is 3.37. The molecule has 0 aliphatic carbocycles. The van der Waals surface area contributed by atoms with Gasteiger partial charge in [0.25, 0.3) is 0 Å². The first-order valence-corrected chi connectivity index (χ1v) is 5.11. The van der Waals surface area contributed by atoms with Gasteiger partial charge < -0.3 is 0 Å². The molecule has 0 atom stereocenters. The van der Waals surface area contributed by atoms with E-state index in [1.807, 2.05) is 38.2 Å². The highest BCUT2D eigenvalue weighted by atomic mass is 14.0. The van der Waals surface area contributed by atoms with E-state index in [0.717, 1.165) is 11.1 Å². The fourth-order valence-electron chi connectivity index (χ4n) is 0.985. The molecule has 0 saturated carbocycles. The van der Waals surface area contributed by atoms with Crippen molar-refractivity contribution in [3.63, 3.8) is 0 Å². The van der Waals surface area contributed by atoms with E-state index in [9.17, 15) is 0 Å². The molecule has 15 heavy (non-hydrogen) atoms. The number of rotatable bonds is 5. The van der Waals surface area contributed by atoms with E-state index >= 15 is 0 Å². The molecule has 80 valence electrons. The molecule has 0 amide bonds. The van der Waals surface area contributed by atoms with Crippen molar-refractivity contribution >= 4 is 0 Å². The monoisotopic (exact) mass is 200 g/mol. The SMILES string of the molecule is C=C/C=C\C(=C/C)C(=C)/C=C\C(C)=C/C. The number of hydrogen-bond donors (Lipinski definition) is 0. The molecule has 0 aliphatic heterocycles. The van der Waals surface area contributed by atoms with Crippen molar-refractivity contribution in [2.45, 2.75) is 20.8 Å². The minimum Gasteiger partial charge on any atom is -0.0991 e. The molecule has 0 spiro atoms. The van der Waals surface area contributed by atoms with Gasteiger partial charge in [0.2, 0.25) is 0 Å². The Morgan fingerprint density at radius 1 is 1.00 bits per heavy atom. The average molecular weight is 200 g/mol. The van der Waals surface area contributed by atoms with E-state index < -0.39 is 0 Å². The minimum atomic E-state index is 1.01. The van der Waals surface area contributed by atoms with Crippen LogP contribution in [-0.2, 0) is 0 Å². The molecule has 0 heteroatoms. The first-order chi connectivity index (χ1) is 7.15. The summed E-state index contributed by atoms with van der Waals surface area (Å²) in [7, 11) is 0. The second-order valence-electron chi connectivity index (χ2n) is 3.23. The van der Waals surface area contributed by atoms with Crippen molar-refractivity contribution < 1.29 is 0 Å². The third kappa shape index (κ3) is 5.69. The summed E-state index contributed by atoms with van der Waals surface area (Å²) in [6.45, 7) is 13.8. The Morgan fingerprint density at radius 2 is 1.67 bits per heavy atom. The third-order valence-corrected chi connectivity index (χ3v) is 2.10. The first-order valence-electron chi connectivity index (χ1n) is 5.11. The topological polar surface area (TPSA) is 0 Å². The Balaban J connectivity index is 4.63. The molecule has 0 fully saturated rings. The zero-order valence-corrected chi connectivity index (χ0v) is 9.96. The van der Waals surface area contributed by atoms with Crippen LogP contribution in [0, 0.1) is 0 Å². The lowest BCUT2D eigenvalue weighted by molar-refractivity contribution is 1.45. The summed E-state index contributed by atoms with van der Waals surface area (Å²) in [5, 5.41) is 0. The lowest BCUT2D eigenvalue weighted by Crippen LogP contribution is -1.80. The van der Waals surface area contributed by atoms with E-state index in [2.05, 4.69) is 32.2 Å². The molecule has 0 unspecified atom stereocenters. The molecular formula is C15H20. The van der Waals surface area contributed by atoms with Crippen molar-refractivity contribution in [2.24, 2.45) is 0 Å². The molecule has 0 bridgehead atoms. The van der Waals surface area contributed by atoms with Crippen LogP contribution in [0.25, 0.3) is 0 Å². The van der Waals surface area contributed by atoms with Gasteiger partial charge in [0.15, 0.2) is 0 Å². The van der Waals surface area contributed by atoms with Gasteiger partial charge in [-0.05, 0) is 31.9 Å². The normalized spacial score (nSPS) is 13.8. The molecule has 0 N–H and O–H groups in total. The number of allylic oxidation sites excluding steroid dienone is 10. The maximum absolute atomic E-state index is 4.02. The lowest BCUT2D eigenvalue weighted by atomic mass is 10.1. The smallest absolute Gasteiger partial charge is 0.0233 e. The van der Waals surface area contributed by atoms with Crippen LogP contribution in [-0.4, -0.2) is 0 Å². The molecule has 0 aromatic rings. The summed E-state index contributed by atoms with van der Waals surface area (Å²) in [5.74, 6) is 0. The lowest BCUT2D eigenvalue weighted by Gasteiger charge is -2.00. The summed E-state index contributed by atoms with van der Waals surface area (Å²) in [4.78, 5) is 0. The number of hydrogen-bond acceptors (Lipinski definition) is 0. The fourth-order valence-corrected chi connectivity index (χ4v) is 0.985. The van der Waals surface area contributed by atoms with Crippen LogP contribution < -0.4 is 0 Å². The Hall–Kier alpha value is -1.56. The average Bonchev–Trinajstić information content (AvgIpc) is 2.26. The molecular weight excluding hydrogens is 180 g/mol. The molecule has 0 heterocycles. The highest BCUT2D eigenvalue weighted by Gasteiger charge is 1.92. The van der Waals surface area contributed by atoms with E-state index in [0.29, 0.717) is 0 Å². The molecule has 0 aromatic carbocycles. The summed E-state index contributed by atoms with van der Waals surface area (Å²) >= 11 is 0. The van der Waals surface area contributed by atoms with Gasteiger partial charge in [-0.1, -0.05) is 61.3 Å². The summed E-state index contributed by atoms with van der Waals surface area (Å²) < 4.78 is 0. The first kappa shape index (κ1) is 13.4. The highest BCUT2D eigenvalue weighted by molar-refractivity contribution is 5.46. The van der Waals surface area contributed by atoms with Crippen LogP contribution in [0.4, 0.5) is 0 Å². The van der Waals surface area contributed by atoms with Crippen LogP contribution >= 0.6 is 0 Å². The van der Waals surface area contributed by atoms with Gasteiger partial charge in [-0.25, -0.2) is 0 Å². The highest BCUT2D eigenvalue weighted by Crippen LogP contribution is 2.12. The molecule has 0 nitrogen and oxygen atoms in total. The second kappa shape index (κ2) is 7.81. The Kier molecular flexibility index (Phi) is 7.00. The van der Waals surface area contributed by atoms with Crippen LogP contribution in [0.1, 0.15) is 20.8 Å². The zero-order chi connectivity index (χ0) is 11.7. The zero-order valence-electron chi connectivity index (χ0n) is 9.96. The predicted octanol–water partition coefficient (Wildman–Crippen LogP) is 4.75. The van der Waals surface area contributed by atoms with Crippen LogP contribution in [0.15, 0.2) is 72.4 Å². The van der Waals surface area contributed by atoms with Crippen LogP contribution in [0.5, 0.6) is 0 Å². The van der Waals surface area contributed by atoms with Crippen LogP contribution in [0.3, 0.4) is 0 Å². The van der Waals surface area contributed by atoms with Gasteiger partial charge in [0.05, 0.1) is 0 Å². The van der Waals surface area contributed by atoms with Crippen molar-refractivity contribution in [3.05, 3.63) is 72.4 Å². The third-order valence-electron chi connectivity index (χ3n) is 2.10. The molecule has 0 rings (SSSR count). The minimum absolute atomic E-state index is 1.01. The second-order valence-corrected chi connectivity index (χ2v) is 3.23. The predicted molar refractivity (Wildman–Crippen MR) is 70.8 cm³/mol. The van der Waals surface area contributed by atoms with E-state index in [1.165, 1.54) is 5.57 Å². The van der Waals surface area contributed by atoms with Gasteiger partial charge in [0, 0.05) is 0 Å². The summed E-state index contributed by atoms with van der Waals surface area (Å²) in [6, 6.07) is 0. The van der Waals surface area contributed by atoms with Crippen LogP contribution in [0.2, 0.25) is 0 Å². The molecule has 0 saturated heterocycles. The van der Waals surface area contributed by atoms with Gasteiger partial charge in [-0.2, -0.15) is 0 Å². The Labute approximate surface area is 93.7 Å². The van der Waals surface area contributed by atoms with E-state index in [4.69, 9.17) is 0 Å². The van der Waals surface area contributed by atoms with Gasteiger partial charge in [0.1, 0.15) is 0 Å². The largest absolute Gasteiger partial charge is 0.0991 e. The van der Waals surface area contributed by atoms with Crippen molar-refractivity contribution in [1.29, 1.82) is 0 Å². The van der Waals surface area contributed by atoms with Crippen molar-refractivity contribution in [2.75, 3.05) is 0 Å². The van der Waals surface area contributed by atoms with Crippen molar-refractivity contribution in [1.82, 2.24) is 0 Å². The Morgan fingerprint density at radius 3 is 2.13 bits per heavy atom. The summed E-state index contributed by atoms with van der Waals surface area (Å²) in [6.07, 6.45) is 13.9. The maximum atomic E-state index is 4.02. The van der Waals surface area contributed by atoms with Gasteiger partial charge >= 0.3 is 0 Å². The molecule has 0 aromatic heterocycles. The molecule has 0 aliphatic rings. The van der Waals surface area contributed by atoms with E-state index in [-0.39, 0.29) is 0 Å². The molecule has 0 radical (unpaired) electrons. The van der Waals surface area contributed by atoms with E-state index in [1.54, 1.807) is 6.08 Å². The Bertz CT molecular complexity index is 333. The standard InChI is InChI=1S/C15H20/c1-6-9-10-15(8-3)14(5)12-11-13(4)7-2/h6-12H,1,5H2,2-4H3/b10-9-,12-11-,13-7-,15-8+. The van der Waals surface area contributed by atoms with Crippen molar-refractivity contribution in [3.8, 4) is 0 Å².